The van der Waals surface area contributed by atoms with Crippen LogP contribution in [0.1, 0.15) is 25.7 Å². The first-order chi connectivity index (χ1) is 14.8. The normalized spacial score (nSPS) is 14.0. The zero-order valence-corrected chi connectivity index (χ0v) is 16.6. The summed E-state index contributed by atoms with van der Waals surface area (Å²) in [5.41, 5.74) is 3.39. The van der Waals surface area contributed by atoms with Gasteiger partial charge in [-0.2, -0.15) is 4.98 Å². The standard InChI is InChI=1S/C22H23N7O/c30-21(15-3-1-4-15)25-8-2-11-29-12-7-16-14-26-22(28-20(16)29)27-17-5-6-18-19(13-17)24-10-9-23-18/h5-7,9-10,12-15H,1-4,8,11H2,(H,25,30)(H,26,27,28). The van der Waals surface area contributed by atoms with Crippen molar-refractivity contribution in [3.8, 4) is 0 Å². The third kappa shape index (κ3) is 3.80. The van der Waals surface area contributed by atoms with Crippen LogP contribution in [0.15, 0.2) is 49.1 Å². The van der Waals surface area contributed by atoms with Crippen LogP contribution in [-0.4, -0.2) is 37.0 Å². The molecule has 2 N–H and O–H groups in total. The van der Waals surface area contributed by atoms with E-state index in [0.717, 1.165) is 53.6 Å². The van der Waals surface area contributed by atoms with Gasteiger partial charge in [0.15, 0.2) is 0 Å². The zero-order valence-electron chi connectivity index (χ0n) is 16.6. The first-order valence-corrected chi connectivity index (χ1v) is 10.3. The molecule has 1 fully saturated rings. The predicted octanol–water partition coefficient (Wildman–Crippen LogP) is 3.42. The lowest BCUT2D eigenvalue weighted by Gasteiger charge is -2.24. The second kappa shape index (κ2) is 8.06. The number of nitrogens with one attached hydrogen (secondary N) is 2. The molecule has 4 aromatic rings. The molecule has 152 valence electrons. The quantitative estimate of drug-likeness (QED) is 0.461. The zero-order chi connectivity index (χ0) is 20.3. The van der Waals surface area contributed by atoms with E-state index in [4.69, 9.17) is 4.98 Å². The van der Waals surface area contributed by atoms with Crippen molar-refractivity contribution >= 4 is 39.6 Å². The Morgan fingerprint density at radius 1 is 1.10 bits per heavy atom. The Balaban J connectivity index is 1.25. The van der Waals surface area contributed by atoms with Crippen molar-refractivity contribution in [3.05, 3.63) is 49.1 Å². The van der Waals surface area contributed by atoms with E-state index in [0.29, 0.717) is 12.5 Å². The van der Waals surface area contributed by atoms with Crippen LogP contribution in [-0.2, 0) is 11.3 Å². The van der Waals surface area contributed by atoms with E-state index in [1.807, 2.05) is 36.7 Å². The number of anilines is 2. The van der Waals surface area contributed by atoms with Gasteiger partial charge in [-0.15, -0.1) is 0 Å². The summed E-state index contributed by atoms with van der Waals surface area (Å²) in [4.78, 5) is 29.7. The van der Waals surface area contributed by atoms with Gasteiger partial charge < -0.3 is 15.2 Å². The second-order valence-corrected chi connectivity index (χ2v) is 7.64. The van der Waals surface area contributed by atoms with Crippen molar-refractivity contribution in [3.63, 3.8) is 0 Å². The second-order valence-electron chi connectivity index (χ2n) is 7.64. The molecule has 0 unspecified atom stereocenters. The highest BCUT2D eigenvalue weighted by Gasteiger charge is 2.24. The molecular formula is C22H23N7O. The van der Waals surface area contributed by atoms with Crippen molar-refractivity contribution in [1.82, 2.24) is 29.8 Å². The van der Waals surface area contributed by atoms with E-state index < -0.39 is 0 Å². The van der Waals surface area contributed by atoms with Crippen molar-refractivity contribution in [2.24, 2.45) is 5.92 Å². The molecule has 0 spiro atoms. The van der Waals surface area contributed by atoms with Crippen LogP contribution in [0.4, 0.5) is 11.6 Å². The minimum atomic E-state index is 0.201. The highest BCUT2D eigenvalue weighted by Crippen LogP contribution is 2.26. The van der Waals surface area contributed by atoms with Crippen LogP contribution >= 0.6 is 0 Å². The molecule has 0 saturated heterocycles. The van der Waals surface area contributed by atoms with Gasteiger partial charge in [0.05, 0.1) is 11.0 Å². The van der Waals surface area contributed by atoms with Crippen LogP contribution in [0.2, 0.25) is 0 Å². The molecule has 8 heteroatoms. The third-order valence-electron chi connectivity index (χ3n) is 5.58. The molecular weight excluding hydrogens is 378 g/mol. The number of aromatic nitrogens is 5. The Morgan fingerprint density at radius 2 is 1.97 bits per heavy atom. The van der Waals surface area contributed by atoms with Crippen molar-refractivity contribution in [2.45, 2.75) is 32.2 Å². The van der Waals surface area contributed by atoms with Gasteiger partial charge in [0.1, 0.15) is 5.65 Å². The van der Waals surface area contributed by atoms with E-state index in [9.17, 15) is 4.79 Å². The Labute approximate surface area is 173 Å². The number of carbonyl (C=O) groups is 1. The number of aryl methyl sites for hydroxylation is 1. The lowest BCUT2D eigenvalue weighted by molar-refractivity contribution is -0.127. The number of hydrogen-bond donors (Lipinski definition) is 2. The number of amides is 1. The van der Waals surface area contributed by atoms with E-state index in [1.165, 1.54) is 6.42 Å². The topological polar surface area (TPSA) is 97.6 Å². The average Bonchev–Trinajstić information content (AvgIpc) is 3.12. The van der Waals surface area contributed by atoms with E-state index in [2.05, 4.69) is 30.2 Å². The number of fused-ring (bicyclic) bond motifs is 2. The maximum Gasteiger partial charge on any atom is 0.229 e. The summed E-state index contributed by atoms with van der Waals surface area (Å²) >= 11 is 0. The molecule has 3 heterocycles. The summed E-state index contributed by atoms with van der Waals surface area (Å²) < 4.78 is 2.10. The molecule has 1 aliphatic rings. The SMILES string of the molecule is O=C(NCCCn1ccc2cnc(Nc3ccc4nccnc4c3)nc21)C1CCC1. The molecule has 1 aliphatic carbocycles. The monoisotopic (exact) mass is 401 g/mol. The highest BCUT2D eigenvalue weighted by molar-refractivity contribution is 5.80. The van der Waals surface area contributed by atoms with Gasteiger partial charge in [0, 0.05) is 54.9 Å². The Kier molecular flexibility index (Phi) is 4.96. The molecule has 8 nitrogen and oxygen atoms in total. The summed E-state index contributed by atoms with van der Waals surface area (Å²) in [6.07, 6.45) is 11.3. The molecule has 0 aliphatic heterocycles. The number of carbonyl (C=O) groups excluding carboxylic acids is 1. The Morgan fingerprint density at radius 3 is 2.80 bits per heavy atom. The van der Waals surface area contributed by atoms with E-state index in [1.54, 1.807) is 12.4 Å². The molecule has 1 saturated carbocycles. The fraction of sp³-hybridized carbons (Fsp3) is 0.318. The van der Waals surface area contributed by atoms with Crippen molar-refractivity contribution in [1.29, 1.82) is 0 Å². The average molecular weight is 401 g/mol. The predicted molar refractivity (Wildman–Crippen MR) is 115 cm³/mol. The van der Waals surface area contributed by atoms with Gasteiger partial charge in [-0.25, -0.2) is 4.98 Å². The fourth-order valence-electron chi connectivity index (χ4n) is 3.66. The van der Waals surface area contributed by atoms with Gasteiger partial charge in [0.25, 0.3) is 0 Å². The van der Waals surface area contributed by atoms with Gasteiger partial charge in [-0.3, -0.25) is 14.8 Å². The number of hydrogen-bond acceptors (Lipinski definition) is 6. The first kappa shape index (κ1) is 18.5. The Hall–Kier alpha value is -3.55. The maximum atomic E-state index is 11.9. The van der Waals surface area contributed by atoms with Crippen molar-refractivity contribution < 1.29 is 4.79 Å². The van der Waals surface area contributed by atoms with Gasteiger partial charge >= 0.3 is 0 Å². The van der Waals surface area contributed by atoms with Crippen LogP contribution < -0.4 is 10.6 Å². The minimum absolute atomic E-state index is 0.201. The van der Waals surface area contributed by atoms with Gasteiger partial charge in [-0.1, -0.05) is 6.42 Å². The molecule has 3 aromatic heterocycles. The van der Waals surface area contributed by atoms with E-state index >= 15 is 0 Å². The molecule has 1 aromatic carbocycles. The van der Waals surface area contributed by atoms with Crippen LogP contribution in [0, 0.1) is 5.92 Å². The smallest absolute Gasteiger partial charge is 0.229 e. The van der Waals surface area contributed by atoms with Gasteiger partial charge in [0.2, 0.25) is 11.9 Å². The minimum Gasteiger partial charge on any atom is -0.356 e. The van der Waals surface area contributed by atoms with Crippen LogP contribution in [0.3, 0.4) is 0 Å². The first-order valence-electron chi connectivity index (χ1n) is 10.3. The number of benzene rings is 1. The van der Waals surface area contributed by atoms with E-state index in [-0.39, 0.29) is 11.8 Å². The summed E-state index contributed by atoms with van der Waals surface area (Å²) in [6.45, 7) is 1.47. The molecule has 0 radical (unpaired) electrons. The summed E-state index contributed by atoms with van der Waals surface area (Å²) in [7, 11) is 0. The molecule has 1 amide bonds. The molecule has 30 heavy (non-hydrogen) atoms. The third-order valence-corrected chi connectivity index (χ3v) is 5.58. The van der Waals surface area contributed by atoms with Crippen LogP contribution in [0.5, 0.6) is 0 Å². The van der Waals surface area contributed by atoms with Gasteiger partial charge in [-0.05, 0) is 43.5 Å². The van der Waals surface area contributed by atoms with Crippen molar-refractivity contribution in [2.75, 3.05) is 11.9 Å². The summed E-state index contributed by atoms with van der Waals surface area (Å²) in [6, 6.07) is 7.80. The molecule has 0 bridgehead atoms. The lowest BCUT2D eigenvalue weighted by atomic mass is 9.85. The van der Waals surface area contributed by atoms with Crippen LogP contribution in [0.25, 0.3) is 22.1 Å². The summed E-state index contributed by atoms with van der Waals surface area (Å²) in [5.74, 6) is 0.969. The molecule has 5 rings (SSSR count). The maximum absolute atomic E-state index is 11.9. The largest absolute Gasteiger partial charge is 0.356 e. The Bertz CT molecular complexity index is 1200. The number of rotatable bonds is 7. The lowest BCUT2D eigenvalue weighted by Crippen LogP contribution is -2.35. The fourth-order valence-corrected chi connectivity index (χ4v) is 3.66. The highest BCUT2D eigenvalue weighted by atomic mass is 16.1. The summed E-state index contributed by atoms with van der Waals surface area (Å²) in [5, 5.41) is 7.29. The number of nitrogens with zero attached hydrogens (tertiary/aromatic N) is 5. The molecule has 0 atom stereocenters.